The number of rotatable bonds is 3. The first-order valence-corrected chi connectivity index (χ1v) is 10.4. The van der Waals surface area contributed by atoms with Crippen LogP contribution in [-0.2, 0) is 6.42 Å². The van der Waals surface area contributed by atoms with Gasteiger partial charge < -0.3 is 10.2 Å². The van der Waals surface area contributed by atoms with Crippen LogP contribution in [0.3, 0.4) is 0 Å². The van der Waals surface area contributed by atoms with Gasteiger partial charge in [-0.05, 0) is 67.9 Å². The van der Waals surface area contributed by atoms with Gasteiger partial charge >= 0.3 is 0 Å². The van der Waals surface area contributed by atoms with E-state index in [-0.39, 0.29) is 27.9 Å². The second kappa shape index (κ2) is 6.70. The standard InChI is InChI=1S/C22H29BrO3/c1-13-5-6-19-21(2,3)20(23)7-8-22(19,4)16(13)9-14-10-18(26)15(12-24)11-17(14)25/h10-12,19-20,25-26H,5-9H2,1-4H3/t19-,20-,22+/m0/s1. The lowest BCUT2D eigenvalue weighted by Crippen LogP contribution is -2.50. The molecule has 0 bridgehead atoms. The molecule has 142 valence electrons. The van der Waals surface area contributed by atoms with E-state index in [4.69, 9.17) is 0 Å². The van der Waals surface area contributed by atoms with Crippen molar-refractivity contribution in [1.82, 2.24) is 0 Å². The lowest BCUT2D eigenvalue weighted by Gasteiger charge is -2.57. The van der Waals surface area contributed by atoms with E-state index in [2.05, 4.69) is 43.6 Å². The zero-order valence-corrected chi connectivity index (χ0v) is 17.7. The molecule has 1 fully saturated rings. The number of benzene rings is 1. The van der Waals surface area contributed by atoms with Crippen molar-refractivity contribution in [3.8, 4) is 11.5 Å². The number of aldehydes is 1. The van der Waals surface area contributed by atoms with Crippen molar-refractivity contribution in [2.45, 2.75) is 64.6 Å². The second-order valence-corrected chi connectivity index (χ2v) is 10.0. The Bertz CT molecular complexity index is 765. The van der Waals surface area contributed by atoms with Gasteiger partial charge in [0.05, 0.1) is 5.56 Å². The maximum atomic E-state index is 11.0. The highest BCUT2D eigenvalue weighted by Gasteiger charge is 2.53. The van der Waals surface area contributed by atoms with Gasteiger partial charge in [-0.3, -0.25) is 4.79 Å². The number of allylic oxidation sites excluding steroid dienone is 2. The summed E-state index contributed by atoms with van der Waals surface area (Å²) in [6.45, 7) is 9.33. The molecule has 1 aromatic carbocycles. The maximum Gasteiger partial charge on any atom is 0.153 e. The number of alkyl halides is 1. The van der Waals surface area contributed by atoms with E-state index in [0.29, 0.717) is 29.0 Å². The fourth-order valence-electron chi connectivity index (χ4n) is 5.48. The summed E-state index contributed by atoms with van der Waals surface area (Å²) in [6, 6.07) is 2.92. The fraction of sp³-hybridized carbons (Fsp3) is 0.591. The average Bonchev–Trinajstić information content (AvgIpc) is 2.57. The molecule has 1 aromatic rings. The molecule has 0 saturated heterocycles. The van der Waals surface area contributed by atoms with Crippen LogP contribution in [0.5, 0.6) is 11.5 Å². The van der Waals surface area contributed by atoms with E-state index < -0.39 is 0 Å². The fourth-order valence-corrected chi connectivity index (χ4v) is 6.03. The van der Waals surface area contributed by atoms with Crippen molar-refractivity contribution in [3.05, 3.63) is 34.4 Å². The highest BCUT2D eigenvalue weighted by Crippen LogP contribution is 2.61. The largest absolute Gasteiger partial charge is 0.508 e. The Balaban J connectivity index is 2.02. The van der Waals surface area contributed by atoms with Crippen molar-refractivity contribution in [3.63, 3.8) is 0 Å². The Morgan fingerprint density at radius 2 is 1.88 bits per heavy atom. The van der Waals surface area contributed by atoms with E-state index in [9.17, 15) is 15.0 Å². The van der Waals surface area contributed by atoms with Gasteiger partial charge in [0, 0.05) is 10.4 Å². The van der Waals surface area contributed by atoms with E-state index in [1.54, 1.807) is 6.07 Å². The molecule has 0 amide bonds. The molecule has 3 atom stereocenters. The van der Waals surface area contributed by atoms with Crippen LogP contribution in [0.1, 0.15) is 69.3 Å². The Kier molecular flexibility index (Phi) is 5.02. The van der Waals surface area contributed by atoms with Gasteiger partial charge in [0.25, 0.3) is 0 Å². The van der Waals surface area contributed by atoms with Crippen LogP contribution >= 0.6 is 15.9 Å². The zero-order valence-electron chi connectivity index (χ0n) is 16.1. The number of halogens is 1. The highest BCUT2D eigenvalue weighted by molar-refractivity contribution is 9.09. The van der Waals surface area contributed by atoms with Crippen LogP contribution in [-0.4, -0.2) is 21.3 Å². The highest BCUT2D eigenvalue weighted by atomic mass is 79.9. The van der Waals surface area contributed by atoms with Gasteiger partial charge in [0.15, 0.2) is 6.29 Å². The number of fused-ring (bicyclic) bond motifs is 1. The molecule has 0 spiro atoms. The van der Waals surface area contributed by atoms with Crippen LogP contribution in [0.4, 0.5) is 0 Å². The van der Waals surface area contributed by atoms with Gasteiger partial charge in [-0.1, -0.05) is 47.8 Å². The Morgan fingerprint density at radius 3 is 2.54 bits per heavy atom. The van der Waals surface area contributed by atoms with Gasteiger partial charge in [-0.15, -0.1) is 0 Å². The molecule has 3 rings (SSSR count). The minimum Gasteiger partial charge on any atom is -0.508 e. The number of phenols is 2. The molecule has 2 aliphatic carbocycles. The average molecular weight is 421 g/mol. The summed E-state index contributed by atoms with van der Waals surface area (Å²) < 4.78 is 0. The van der Waals surface area contributed by atoms with Crippen molar-refractivity contribution < 1.29 is 15.0 Å². The summed E-state index contributed by atoms with van der Waals surface area (Å²) in [5.74, 6) is 0.606. The van der Waals surface area contributed by atoms with Crippen molar-refractivity contribution in [2.24, 2.45) is 16.7 Å². The summed E-state index contributed by atoms with van der Waals surface area (Å²) in [5, 5.41) is 20.4. The lowest BCUT2D eigenvalue weighted by atomic mass is 9.49. The van der Waals surface area contributed by atoms with Gasteiger partial charge in [0.1, 0.15) is 11.5 Å². The van der Waals surface area contributed by atoms with Gasteiger partial charge in [0.2, 0.25) is 0 Å². The smallest absolute Gasteiger partial charge is 0.153 e. The number of carbonyl (C=O) groups is 1. The molecule has 0 unspecified atom stereocenters. The van der Waals surface area contributed by atoms with E-state index in [1.165, 1.54) is 23.6 Å². The summed E-state index contributed by atoms with van der Waals surface area (Å²) in [7, 11) is 0. The predicted octanol–water partition coefficient (Wildman–Crippen LogP) is 5.77. The van der Waals surface area contributed by atoms with Crippen LogP contribution < -0.4 is 0 Å². The number of phenolic OH excluding ortho intramolecular Hbond substituents is 2. The minimum absolute atomic E-state index is 0.0620. The van der Waals surface area contributed by atoms with Crippen molar-refractivity contribution >= 4 is 22.2 Å². The molecule has 4 heteroatoms. The number of hydrogen-bond donors (Lipinski definition) is 2. The third-order valence-corrected chi connectivity index (χ3v) is 8.76. The lowest BCUT2D eigenvalue weighted by molar-refractivity contribution is 0.0188. The topological polar surface area (TPSA) is 57.5 Å². The van der Waals surface area contributed by atoms with E-state index in [1.807, 2.05) is 0 Å². The molecule has 2 N–H and O–H groups in total. The Morgan fingerprint density at radius 1 is 1.19 bits per heavy atom. The number of carbonyl (C=O) groups excluding carboxylic acids is 1. The van der Waals surface area contributed by atoms with Crippen molar-refractivity contribution in [2.75, 3.05) is 0 Å². The first-order chi connectivity index (χ1) is 12.1. The zero-order chi connectivity index (χ0) is 19.3. The van der Waals surface area contributed by atoms with Crippen LogP contribution in [0.15, 0.2) is 23.3 Å². The summed E-state index contributed by atoms with van der Waals surface area (Å²) >= 11 is 3.91. The first kappa shape index (κ1) is 19.5. The van der Waals surface area contributed by atoms with E-state index >= 15 is 0 Å². The first-order valence-electron chi connectivity index (χ1n) is 9.44. The van der Waals surface area contributed by atoms with Crippen LogP contribution in [0, 0.1) is 16.7 Å². The summed E-state index contributed by atoms with van der Waals surface area (Å²) in [5.41, 5.74) is 3.95. The molecule has 0 radical (unpaired) electrons. The SMILES string of the molecule is CC1=C(Cc2cc(O)c(C=O)cc2O)[C@@]2(C)CC[C@H](Br)C(C)(C)[C@@H]2CC1. The third-order valence-electron chi connectivity index (χ3n) is 7.13. The molecule has 3 nitrogen and oxygen atoms in total. The normalized spacial score (nSPS) is 30.8. The molecular weight excluding hydrogens is 392 g/mol. The summed E-state index contributed by atoms with van der Waals surface area (Å²) in [4.78, 5) is 11.5. The Hall–Kier alpha value is -1.29. The minimum atomic E-state index is -0.0620. The van der Waals surface area contributed by atoms with Crippen LogP contribution in [0.2, 0.25) is 0 Å². The van der Waals surface area contributed by atoms with Gasteiger partial charge in [-0.2, -0.15) is 0 Å². The number of aromatic hydroxyl groups is 2. The van der Waals surface area contributed by atoms with Crippen LogP contribution in [0.25, 0.3) is 0 Å². The maximum absolute atomic E-state index is 11.0. The quantitative estimate of drug-likeness (QED) is 0.282. The molecule has 26 heavy (non-hydrogen) atoms. The monoisotopic (exact) mass is 420 g/mol. The third kappa shape index (κ3) is 3.00. The molecular formula is C22H29BrO3. The Labute approximate surface area is 164 Å². The molecule has 0 heterocycles. The molecule has 0 aromatic heterocycles. The van der Waals surface area contributed by atoms with E-state index in [0.717, 1.165) is 19.3 Å². The molecule has 2 aliphatic rings. The summed E-state index contributed by atoms with van der Waals surface area (Å²) in [6.07, 6.45) is 5.74. The predicted molar refractivity (Wildman–Crippen MR) is 108 cm³/mol. The van der Waals surface area contributed by atoms with Gasteiger partial charge in [-0.25, -0.2) is 0 Å². The second-order valence-electron chi connectivity index (χ2n) is 8.93. The number of hydrogen-bond acceptors (Lipinski definition) is 3. The van der Waals surface area contributed by atoms with Crippen molar-refractivity contribution in [1.29, 1.82) is 0 Å². The molecule has 1 saturated carbocycles. The molecule has 0 aliphatic heterocycles.